The van der Waals surface area contributed by atoms with Gasteiger partial charge in [0.05, 0.1) is 13.2 Å². The van der Waals surface area contributed by atoms with Gasteiger partial charge in [-0.15, -0.1) is 0 Å². The summed E-state index contributed by atoms with van der Waals surface area (Å²) in [6.45, 7) is 7.21. The molecule has 0 amide bonds. The SMILES string of the molecule is Cc1cc(OCCC(C)C)ccc1CO. The number of rotatable bonds is 5. The molecule has 2 heteroatoms. The van der Waals surface area contributed by atoms with Crippen LogP contribution in [0.3, 0.4) is 0 Å². The average Bonchev–Trinajstić information content (AvgIpc) is 2.17. The second-order valence-corrected chi connectivity index (χ2v) is 4.28. The zero-order chi connectivity index (χ0) is 11.3. The first-order valence-electron chi connectivity index (χ1n) is 5.46. The normalized spacial score (nSPS) is 10.7. The summed E-state index contributed by atoms with van der Waals surface area (Å²) in [5.41, 5.74) is 2.05. The summed E-state index contributed by atoms with van der Waals surface area (Å²) < 4.78 is 5.62. The van der Waals surface area contributed by atoms with Crippen molar-refractivity contribution in [3.05, 3.63) is 29.3 Å². The monoisotopic (exact) mass is 208 g/mol. The minimum atomic E-state index is 0.0953. The van der Waals surface area contributed by atoms with Crippen LogP contribution in [0.15, 0.2) is 18.2 Å². The number of ether oxygens (including phenoxy) is 1. The van der Waals surface area contributed by atoms with Crippen LogP contribution >= 0.6 is 0 Å². The highest BCUT2D eigenvalue weighted by molar-refractivity contribution is 5.34. The number of aliphatic hydroxyl groups is 1. The van der Waals surface area contributed by atoms with E-state index in [0.717, 1.165) is 29.9 Å². The maximum absolute atomic E-state index is 9.02. The fraction of sp³-hybridized carbons (Fsp3) is 0.538. The fourth-order valence-electron chi connectivity index (χ4n) is 1.35. The van der Waals surface area contributed by atoms with Crippen molar-refractivity contribution in [2.75, 3.05) is 6.61 Å². The van der Waals surface area contributed by atoms with Crippen LogP contribution in [0.2, 0.25) is 0 Å². The van der Waals surface area contributed by atoms with Crippen molar-refractivity contribution in [1.82, 2.24) is 0 Å². The van der Waals surface area contributed by atoms with Crippen LogP contribution in [0.1, 0.15) is 31.4 Å². The topological polar surface area (TPSA) is 29.5 Å². The van der Waals surface area contributed by atoms with Crippen LogP contribution in [0, 0.1) is 12.8 Å². The predicted molar refractivity (Wildman–Crippen MR) is 62.1 cm³/mol. The van der Waals surface area contributed by atoms with E-state index >= 15 is 0 Å². The molecule has 0 aromatic heterocycles. The highest BCUT2D eigenvalue weighted by Gasteiger charge is 2.00. The molecule has 0 aliphatic rings. The van der Waals surface area contributed by atoms with Gasteiger partial charge < -0.3 is 9.84 Å². The van der Waals surface area contributed by atoms with Gasteiger partial charge in [0.15, 0.2) is 0 Å². The van der Waals surface area contributed by atoms with Gasteiger partial charge in [-0.25, -0.2) is 0 Å². The van der Waals surface area contributed by atoms with Gasteiger partial charge in [-0.05, 0) is 42.5 Å². The van der Waals surface area contributed by atoms with Crippen molar-refractivity contribution in [3.63, 3.8) is 0 Å². The van der Waals surface area contributed by atoms with Crippen LogP contribution < -0.4 is 4.74 Å². The van der Waals surface area contributed by atoms with Crippen LogP contribution in [0.25, 0.3) is 0 Å². The number of aryl methyl sites for hydroxylation is 1. The van der Waals surface area contributed by atoms with E-state index < -0.39 is 0 Å². The lowest BCUT2D eigenvalue weighted by Crippen LogP contribution is -2.01. The Morgan fingerprint density at radius 1 is 1.33 bits per heavy atom. The first-order valence-corrected chi connectivity index (χ1v) is 5.46. The minimum Gasteiger partial charge on any atom is -0.494 e. The maximum atomic E-state index is 9.02. The molecule has 0 saturated heterocycles. The van der Waals surface area contributed by atoms with Crippen molar-refractivity contribution < 1.29 is 9.84 Å². The summed E-state index contributed by atoms with van der Waals surface area (Å²) in [6, 6.07) is 5.81. The number of benzene rings is 1. The van der Waals surface area contributed by atoms with Gasteiger partial charge in [0.25, 0.3) is 0 Å². The smallest absolute Gasteiger partial charge is 0.119 e. The summed E-state index contributed by atoms with van der Waals surface area (Å²) in [7, 11) is 0. The van der Waals surface area contributed by atoms with Gasteiger partial charge in [-0.1, -0.05) is 19.9 Å². The number of hydrogen-bond donors (Lipinski definition) is 1. The van der Waals surface area contributed by atoms with Gasteiger partial charge in [0, 0.05) is 0 Å². The van der Waals surface area contributed by atoms with Crippen molar-refractivity contribution in [2.24, 2.45) is 5.92 Å². The fourth-order valence-corrected chi connectivity index (χ4v) is 1.35. The largest absolute Gasteiger partial charge is 0.494 e. The molecule has 0 bridgehead atoms. The van der Waals surface area contributed by atoms with Gasteiger partial charge >= 0.3 is 0 Å². The summed E-state index contributed by atoms with van der Waals surface area (Å²) in [5.74, 6) is 1.56. The highest BCUT2D eigenvalue weighted by atomic mass is 16.5. The molecule has 0 radical (unpaired) electrons. The molecule has 1 aromatic rings. The van der Waals surface area contributed by atoms with E-state index in [1.165, 1.54) is 0 Å². The Morgan fingerprint density at radius 3 is 2.60 bits per heavy atom. The Kier molecular flexibility index (Phi) is 4.63. The molecule has 2 nitrogen and oxygen atoms in total. The van der Waals surface area contributed by atoms with E-state index in [2.05, 4.69) is 13.8 Å². The highest BCUT2D eigenvalue weighted by Crippen LogP contribution is 2.17. The number of hydrogen-bond acceptors (Lipinski definition) is 2. The molecular weight excluding hydrogens is 188 g/mol. The molecule has 1 N–H and O–H groups in total. The first kappa shape index (κ1) is 12.1. The summed E-state index contributed by atoms with van der Waals surface area (Å²) in [5, 5.41) is 9.02. The molecule has 0 spiro atoms. The van der Waals surface area contributed by atoms with Crippen molar-refractivity contribution in [3.8, 4) is 5.75 Å². The van der Waals surface area contributed by atoms with Gasteiger partial charge in [-0.2, -0.15) is 0 Å². The Morgan fingerprint density at radius 2 is 2.07 bits per heavy atom. The second kappa shape index (κ2) is 5.76. The van der Waals surface area contributed by atoms with Crippen LogP contribution in [-0.4, -0.2) is 11.7 Å². The standard InChI is InChI=1S/C13H20O2/c1-10(2)6-7-15-13-5-4-12(9-14)11(3)8-13/h4-5,8,10,14H,6-7,9H2,1-3H3. The third kappa shape index (κ3) is 3.92. The number of aliphatic hydroxyl groups excluding tert-OH is 1. The summed E-state index contributed by atoms with van der Waals surface area (Å²) in [4.78, 5) is 0. The average molecular weight is 208 g/mol. The van der Waals surface area contributed by atoms with Crippen LogP contribution in [-0.2, 0) is 6.61 Å². The van der Waals surface area contributed by atoms with Crippen molar-refractivity contribution in [1.29, 1.82) is 0 Å². The van der Waals surface area contributed by atoms with E-state index in [1.807, 2.05) is 25.1 Å². The molecule has 1 aromatic carbocycles. The van der Waals surface area contributed by atoms with Crippen molar-refractivity contribution in [2.45, 2.75) is 33.8 Å². The van der Waals surface area contributed by atoms with E-state index in [-0.39, 0.29) is 6.61 Å². The Bertz CT molecular complexity index is 305. The molecular formula is C13H20O2. The third-order valence-corrected chi connectivity index (χ3v) is 2.45. The summed E-state index contributed by atoms with van der Waals surface area (Å²) in [6.07, 6.45) is 1.07. The van der Waals surface area contributed by atoms with E-state index in [0.29, 0.717) is 5.92 Å². The molecule has 1 rings (SSSR count). The van der Waals surface area contributed by atoms with Crippen LogP contribution in [0.5, 0.6) is 5.75 Å². The third-order valence-electron chi connectivity index (χ3n) is 2.45. The zero-order valence-electron chi connectivity index (χ0n) is 9.79. The molecule has 0 saturated carbocycles. The van der Waals surface area contributed by atoms with E-state index in [9.17, 15) is 0 Å². The Labute approximate surface area is 91.9 Å². The molecule has 15 heavy (non-hydrogen) atoms. The molecule has 0 unspecified atom stereocenters. The van der Waals surface area contributed by atoms with Crippen molar-refractivity contribution >= 4 is 0 Å². The molecule has 0 aliphatic carbocycles. The molecule has 84 valence electrons. The Hall–Kier alpha value is -1.02. The summed E-state index contributed by atoms with van der Waals surface area (Å²) >= 11 is 0. The first-order chi connectivity index (χ1) is 7.13. The molecule has 0 fully saturated rings. The van der Waals surface area contributed by atoms with Crippen LogP contribution in [0.4, 0.5) is 0 Å². The van der Waals surface area contributed by atoms with Gasteiger partial charge in [-0.3, -0.25) is 0 Å². The minimum absolute atomic E-state index is 0.0953. The zero-order valence-corrected chi connectivity index (χ0v) is 9.79. The Balaban J connectivity index is 2.52. The molecule has 0 atom stereocenters. The second-order valence-electron chi connectivity index (χ2n) is 4.28. The quantitative estimate of drug-likeness (QED) is 0.806. The lowest BCUT2D eigenvalue weighted by atomic mass is 10.1. The van der Waals surface area contributed by atoms with Gasteiger partial charge in [0.1, 0.15) is 5.75 Å². The molecule has 0 aliphatic heterocycles. The molecule has 0 heterocycles. The van der Waals surface area contributed by atoms with Gasteiger partial charge in [0.2, 0.25) is 0 Å². The van der Waals surface area contributed by atoms with E-state index in [1.54, 1.807) is 0 Å². The predicted octanol–water partition coefficient (Wildman–Crippen LogP) is 2.91. The van der Waals surface area contributed by atoms with E-state index in [4.69, 9.17) is 9.84 Å². The lowest BCUT2D eigenvalue weighted by Gasteiger charge is -2.10. The maximum Gasteiger partial charge on any atom is 0.119 e. The lowest BCUT2D eigenvalue weighted by molar-refractivity contribution is 0.278.